The summed E-state index contributed by atoms with van der Waals surface area (Å²) in [7, 11) is 0. The van der Waals surface area contributed by atoms with E-state index in [-0.39, 0.29) is 11.5 Å². The van der Waals surface area contributed by atoms with Gasteiger partial charge in [-0.3, -0.25) is 0 Å². The number of nitrogens with one attached hydrogen (secondary N) is 1. The quantitative estimate of drug-likeness (QED) is 0.930. The van der Waals surface area contributed by atoms with Gasteiger partial charge in [0.15, 0.2) is 0 Å². The summed E-state index contributed by atoms with van der Waals surface area (Å²) in [6.45, 7) is 9.59. The molecule has 18 heavy (non-hydrogen) atoms. The molecule has 0 spiro atoms. The molecular weight excluding hydrogens is 262 g/mol. The Bertz CT molecular complexity index is 483. The number of thiazole rings is 2. The maximum atomic E-state index is 4.78. The lowest BCUT2D eigenvalue weighted by Crippen LogP contribution is -2.22. The number of aromatic nitrogens is 2. The van der Waals surface area contributed by atoms with Gasteiger partial charge in [0, 0.05) is 16.2 Å². The molecule has 0 aliphatic heterocycles. The SMILES string of the molecule is CCNC(c1cscn1)c1nc(C(C)(C)C)cs1. The summed E-state index contributed by atoms with van der Waals surface area (Å²) in [5, 5.41) is 8.81. The Balaban J connectivity index is 2.29. The molecule has 0 aromatic carbocycles. The highest BCUT2D eigenvalue weighted by molar-refractivity contribution is 7.10. The monoisotopic (exact) mass is 281 g/mol. The molecule has 0 aliphatic carbocycles. The largest absolute Gasteiger partial charge is 0.303 e. The summed E-state index contributed by atoms with van der Waals surface area (Å²) >= 11 is 3.34. The van der Waals surface area contributed by atoms with Crippen LogP contribution in [0.5, 0.6) is 0 Å². The average molecular weight is 281 g/mol. The summed E-state index contributed by atoms with van der Waals surface area (Å²) in [4.78, 5) is 9.18. The maximum Gasteiger partial charge on any atom is 0.116 e. The third kappa shape index (κ3) is 2.96. The van der Waals surface area contributed by atoms with Gasteiger partial charge in [-0.2, -0.15) is 0 Å². The third-order valence-electron chi connectivity index (χ3n) is 2.69. The lowest BCUT2D eigenvalue weighted by Gasteiger charge is -2.16. The molecule has 0 radical (unpaired) electrons. The van der Waals surface area contributed by atoms with Gasteiger partial charge in [0.2, 0.25) is 0 Å². The first-order valence-corrected chi connectivity index (χ1v) is 7.92. The molecule has 0 amide bonds. The Hall–Kier alpha value is -0.780. The van der Waals surface area contributed by atoms with Gasteiger partial charge in [-0.1, -0.05) is 27.7 Å². The predicted octanol–water partition coefficient (Wildman–Crippen LogP) is 3.60. The third-order valence-corrected chi connectivity index (χ3v) is 4.21. The lowest BCUT2D eigenvalue weighted by molar-refractivity contribution is 0.560. The van der Waals surface area contributed by atoms with E-state index in [1.165, 1.54) is 0 Å². The van der Waals surface area contributed by atoms with Crippen molar-refractivity contribution in [1.29, 1.82) is 0 Å². The number of rotatable bonds is 4. The van der Waals surface area contributed by atoms with Gasteiger partial charge < -0.3 is 5.32 Å². The second kappa shape index (κ2) is 5.47. The molecule has 0 bridgehead atoms. The van der Waals surface area contributed by atoms with E-state index >= 15 is 0 Å². The van der Waals surface area contributed by atoms with E-state index < -0.39 is 0 Å². The molecule has 3 nitrogen and oxygen atoms in total. The minimum Gasteiger partial charge on any atom is -0.303 e. The molecule has 1 atom stereocenters. The van der Waals surface area contributed by atoms with Gasteiger partial charge >= 0.3 is 0 Å². The molecule has 0 fully saturated rings. The van der Waals surface area contributed by atoms with E-state index in [0.717, 1.165) is 22.9 Å². The molecule has 1 unspecified atom stereocenters. The normalized spacial score (nSPS) is 13.8. The molecule has 2 rings (SSSR count). The molecule has 0 aliphatic rings. The molecule has 5 heteroatoms. The van der Waals surface area contributed by atoms with Crippen LogP contribution in [0.15, 0.2) is 16.3 Å². The summed E-state index contributed by atoms with van der Waals surface area (Å²) < 4.78 is 0. The van der Waals surface area contributed by atoms with E-state index in [9.17, 15) is 0 Å². The Morgan fingerprint density at radius 1 is 1.33 bits per heavy atom. The van der Waals surface area contributed by atoms with Gasteiger partial charge in [-0.15, -0.1) is 22.7 Å². The Morgan fingerprint density at radius 3 is 2.61 bits per heavy atom. The summed E-state index contributed by atoms with van der Waals surface area (Å²) in [5.41, 5.74) is 4.20. The van der Waals surface area contributed by atoms with Crippen molar-refractivity contribution in [3.63, 3.8) is 0 Å². The lowest BCUT2D eigenvalue weighted by atomic mass is 9.93. The summed E-state index contributed by atoms with van der Waals surface area (Å²) in [6, 6.07) is 0.127. The van der Waals surface area contributed by atoms with E-state index in [0.29, 0.717) is 0 Å². The van der Waals surface area contributed by atoms with Crippen LogP contribution in [0, 0.1) is 0 Å². The van der Waals surface area contributed by atoms with Crippen LogP contribution in [-0.4, -0.2) is 16.5 Å². The smallest absolute Gasteiger partial charge is 0.116 e. The van der Waals surface area contributed by atoms with Crippen LogP contribution in [0.2, 0.25) is 0 Å². The highest BCUT2D eigenvalue weighted by Gasteiger charge is 2.22. The van der Waals surface area contributed by atoms with Crippen molar-refractivity contribution < 1.29 is 0 Å². The zero-order chi connectivity index (χ0) is 13.2. The minimum atomic E-state index is 0.105. The van der Waals surface area contributed by atoms with Crippen molar-refractivity contribution in [1.82, 2.24) is 15.3 Å². The first kappa shape index (κ1) is 13.6. The van der Waals surface area contributed by atoms with Gasteiger partial charge in [-0.05, 0) is 6.54 Å². The van der Waals surface area contributed by atoms with Crippen LogP contribution in [0.25, 0.3) is 0 Å². The molecule has 2 aromatic rings. The Morgan fingerprint density at radius 2 is 2.11 bits per heavy atom. The van der Waals surface area contributed by atoms with Crippen LogP contribution in [0.4, 0.5) is 0 Å². The van der Waals surface area contributed by atoms with Crippen molar-refractivity contribution >= 4 is 22.7 Å². The number of hydrogen-bond acceptors (Lipinski definition) is 5. The van der Waals surface area contributed by atoms with Crippen molar-refractivity contribution in [2.45, 2.75) is 39.2 Å². The van der Waals surface area contributed by atoms with Crippen LogP contribution >= 0.6 is 22.7 Å². The minimum absolute atomic E-state index is 0.105. The molecule has 2 heterocycles. The Kier molecular flexibility index (Phi) is 4.14. The second-order valence-corrected chi connectivity index (χ2v) is 6.83. The molecule has 1 N–H and O–H groups in total. The van der Waals surface area contributed by atoms with E-state index in [2.05, 4.69) is 48.8 Å². The molecular formula is C13H19N3S2. The second-order valence-electron chi connectivity index (χ2n) is 5.22. The fourth-order valence-electron chi connectivity index (χ4n) is 1.65. The maximum absolute atomic E-state index is 4.78. The molecule has 98 valence electrons. The van der Waals surface area contributed by atoms with Crippen molar-refractivity contribution in [3.05, 3.63) is 32.7 Å². The van der Waals surface area contributed by atoms with Crippen molar-refractivity contribution in [2.24, 2.45) is 0 Å². The average Bonchev–Trinajstić information content (AvgIpc) is 2.96. The first-order valence-electron chi connectivity index (χ1n) is 6.09. The first-order chi connectivity index (χ1) is 8.52. The van der Waals surface area contributed by atoms with Crippen LogP contribution in [0.1, 0.15) is 50.1 Å². The topological polar surface area (TPSA) is 37.8 Å². The summed E-state index contributed by atoms with van der Waals surface area (Å²) in [6.07, 6.45) is 0. The van der Waals surface area contributed by atoms with E-state index in [4.69, 9.17) is 4.98 Å². The highest BCUT2D eigenvalue weighted by atomic mass is 32.1. The number of hydrogen-bond donors (Lipinski definition) is 1. The Labute approximate surface area is 116 Å². The fourth-order valence-corrected chi connectivity index (χ4v) is 3.36. The zero-order valence-corrected chi connectivity index (χ0v) is 12.9. The predicted molar refractivity (Wildman–Crippen MR) is 78.4 cm³/mol. The van der Waals surface area contributed by atoms with Gasteiger partial charge in [0.25, 0.3) is 0 Å². The molecule has 2 aromatic heterocycles. The van der Waals surface area contributed by atoms with Crippen LogP contribution < -0.4 is 5.32 Å². The van der Waals surface area contributed by atoms with Crippen molar-refractivity contribution in [3.8, 4) is 0 Å². The molecule has 0 saturated carbocycles. The standard InChI is InChI=1S/C13H19N3S2/c1-5-14-11(9-6-17-8-15-9)12-16-10(7-18-12)13(2,3)4/h6-8,11,14H,5H2,1-4H3. The highest BCUT2D eigenvalue weighted by Crippen LogP contribution is 2.29. The van der Waals surface area contributed by atoms with E-state index in [1.807, 2.05) is 5.51 Å². The fraction of sp³-hybridized carbons (Fsp3) is 0.538. The number of nitrogens with zero attached hydrogens (tertiary/aromatic N) is 2. The summed E-state index contributed by atoms with van der Waals surface area (Å²) in [5.74, 6) is 0. The van der Waals surface area contributed by atoms with Crippen molar-refractivity contribution in [2.75, 3.05) is 6.54 Å². The molecule has 0 saturated heterocycles. The zero-order valence-electron chi connectivity index (χ0n) is 11.2. The van der Waals surface area contributed by atoms with Gasteiger partial charge in [0.1, 0.15) is 11.0 Å². The van der Waals surface area contributed by atoms with E-state index in [1.54, 1.807) is 22.7 Å². The van der Waals surface area contributed by atoms with Gasteiger partial charge in [0.05, 0.1) is 16.9 Å². The van der Waals surface area contributed by atoms with Crippen LogP contribution in [-0.2, 0) is 5.41 Å². The van der Waals surface area contributed by atoms with Crippen LogP contribution in [0.3, 0.4) is 0 Å². The van der Waals surface area contributed by atoms with Gasteiger partial charge in [-0.25, -0.2) is 9.97 Å².